The maximum absolute atomic E-state index is 12.8. The molecule has 0 spiro atoms. The first kappa shape index (κ1) is 14.4. The van der Waals surface area contributed by atoms with Gasteiger partial charge in [-0.25, -0.2) is 4.39 Å². The number of hydrogen-bond acceptors (Lipinski definition) is 3. The highest BCUT2D eigenvalue weighted by molar-refractivity contribution is 5.16. The summed E-state index contributed by atoms with van der Waals surface area (Å²) in [5, 5.41) is 8.81. The molecular weight excluding hydrogens is 243 g/mol. The summed E-state index contributed by atoms with van der Waals surface area (Å²) in [4.78, 5) is 4.86. The minimum Gasteiger partial charge on any atom is -0.396 e. The van der Waals surface area contributed by atoms with Crippen LogP contribution < -0.4 is 0 Å². The number of aliphatic hydroxyl groups is 1. The van der Waals surface area contributed by atoms with Crippen LogP contribution in [-0.4, -0.2) is 60.8 Å². The minimum atomic E-state index is -0.166. The van der Waals surface area contributed by atoms with Crippen LogP contribution in [0, 0.1) is 5.82 Å². The quantitative estimate of drug-likeness (QED) is 0.842. The average molecular weight is 266 g/mol. The fraction of sp³-hybridized carbons (Fsp3) is 0.600. The van der Waals surface area contributed by atoms with E-state index in [1.165, 1.54) is 17.7 Å². The molecular formula is C15H23FN2O. The molecule has 2 rings (SSSR count). The second-order valence-electron chi connectivity index (χ2n) is 5.14. The average Bonchev–Trinajstić information content (AvgIpc) is 2.46. The molecule has 0 aliphatic carbocycles. The van der Waals surface area contributed by atoms with Gasteiger partial charge in [0, 0.05) is 45.9 Å². The predicted octanol–water partition coefficient (Wildman–Crippen LogP) is 1.37. The molecule has 0 amide bonds. The van der Waals surface area contributed by atoms with Gasteiger partial charge in [0.15, 0.2) is 0 Å². The normalized spacial score (nSPS) is 17.8. The Hall–Kier alpha value is -0.970. The molecule has 0 bridgehead atoms. The van der Waals surface area contributed by atoms with E-state index in [4.69, 9.17) is 5.11 Å². The number of piperazine rings is 1. The molecule has 0 aromatic heterocycles. The van der Waals surface area contributed by atoms with E-state index >= 15 is 0 Å². The number of aliphatic hydroxyl groups excluding tert-OH is 1. The molecule has 1 aromatic carbocycles. The minimum absolute atomic E-state index is 0.166. The standard InChI is InChI=1S/C15H23FN2O/c16-15-4-2-14(3-5-15)6-8-18-11-9-17(10-12-18)7-1-13-19/h2-5,19H,1,6-13H2. The first-order valence-electron chi connectivity index (χ1n) is 7.08. The van der Waals surface area contributed by atoms with E-state index in [1.807, 2.05) is 12.1 Å². The Balaban J connectivity index is 1.67. The Morgan fingerprint density at radius 1 is 0.947 bits per heavy atom. The first-order chi connectivity index (χ1) is 9.28. The van der Waals surface area contributed by atoms with Crippen molar-refractivity contribution in [3.8, 4) is 0 Å². The van der Waals surface area contributed by atoms with Crippen LogP contribution in [0.1, 0.15) is 12.0 Å². The molecule has 1 N–H and O–H groups in total. The molecule has 1 fully saturated rings. The molecule has 4 heteroatoms. The van der Waals surface area contributed by atoms with Crippen LogP contribution in [0.3, 0.4) is 0 Å². The third kappa shape index (κ3) is 4.90. The molecule has 1 aromatic rings. The van der Waals surface area contributed by atoms with Crippen molar-refractivity contribution in [3.63, 3.8) is 0 Å². The second kappa shape index (κ2) is 7.58. The van der Waals surface area contributed by atoms with Crippen LogP contribution in [0.4, 0.5) is 4.39 Å². The van der Waals surface area contributed by atoms with Gasteiger partial charge >= 0.3 is 0 Å². The fourth-order valence-electron chi connectivity index (χ4n) is 2.47. The summed E-state index contributed by atoms with van der Waals surface area (Å²) in [6.07, 6.45) is 1.85. The van der Waals surface area contributed by atoms with Gasteiger partial charge in [-0.15, -0.1) is 0 Å². The molecule has 0 saturated carbocycles. The number of halogens is 1. The summed E-state index contributed by atoms with van der Waals surface area (Å²) in [6.45, 7) is 6.68. The molecule has 1 saturated heterocycles. The third-order valence-corrected chi connectivity index (χ3v) is 3.73. The van der Waals surface area contributed by atoms with E-state index in [1.54, 1.807) is 0 Å². The highest BCUT2D eigenvalue weighted by Crippen LogP contribution is 2.07. The largest absolute Gasteiger partial charge is 0.396 e. The van der Waals surface area contributed by atoms with E-state index in [2.05, 4.69) is 9.80 Å². The topological polar surface area (TPSA) is 26.7 Å². The number of benzene rings is 1. The van der Waals surface area contributed by atoms with Crippen molar-refractivity contribution in [1.29, 1.82) is 0 Å². The lowest BCUT2D eigenvalue weighted by molar-refractivity contribution is 0.125. The molecule has 0 unspecified atom stereocenters. The van der Waals surface area contributed by atoms with Crippen molar-refractivity contribution in [2.24, 2.45) is 0 Å². The zero-order valence-electron chi connectivity index (χ0n) is 11.4. The molecule has 106 valence electrons. The van der Waals surface area contributed by atoms with Gasteiger partial charge in [0.2, 0.25) is 0 Å². The monoisotopic (exact) mass is 266 g/mol. The van der Waals surface area contributed by atoms with Gasteiger partial charge in [0.05, 0.1) is 0 Å². The van der Waals surface area contributed by atoms with E-state index in [0.717, 1.165) is 52.1 Å². The van der Waals surface area contributed by atoms with Gasteiger partial charge in [0.1, 0.15) is 5.82 Å². The van der Waals surface area contributed by atoms with Crippen molar-refractivity contribution < 1.29 is 9.50 Å². The maximum atomic E-state index is 12.8. The maximum Gasteiger partial charge on any atom is 0.123 e. The third-order valence-electron chi connectivity index (χ3n) is 3.73. The Morgan fingerprint density at radius 3 is 2.11 bits per heavy atom. The van der Waals surface area contributed by atoms with Crippen molar-refractivity contribution in [2.45, 2.75) is 12.8 Å². The number of nitrogens with zero attached hydrogens (tertiary/aromatic N) is 2. The summed E-state index contributed by atoms with van der Waals surface area (Å²) in [6, 6.07) is 6.80. The van der Waals surface area contributed by atoms with E-state index in [-0.39, 0.29) is 12.4 Å². The fourth-order valence-corrected chi connectivity index (χ4v) is 2.47. The van der Waals surface area contributed by atoms with Crippen molar-refractivity contribution >= 4 is 0 Å². The summed E-state index contributed by atoms with van der Waals surface area (Å²) in [5.41, 5.74) is 1.20. The lowest BCUT2D eigenvalue weighted by Gasteiger charge is -2.34. The van der Waals surface area contributed by atoms with Crippen molar-refractivity contribution in [1.82, 2.24) is 9.80 Å². The van der Waals surface area contributed by atoms with Crippen LogP contribution >= 0.6 is 0 Å². The van der Waals surface area contributed by atoms with Gasteiger partial charge in [-0.1, -0.05) is 12.1 Å². The SMILES string of the molecule is OCCCN1CCN(CCc2ccc(F)cc2)CC1. The van der Waals surface area contributed by atoms with Crippen LogP contribution in [-0.2, 0) is 6.42 Å². The van der Waals surface area contributed by atoms with Gasteiger partial charge in [0.25, 0.3) is 0 Å². The molecule has 3 nitrogen and oxygen atoms in total. The predicted molar refractivity (Wildman–Crippen MR) is 74.7 cm³/mol. The van der Waals surface area contributed by atoms with E-state index in [9.17, 15) is 4.39 Å². The van der Waals surface area contributed by atoms with Crippen LogP contribution in [0.15, 0.2) is 24.3 Å². The second-order valence-corrected chi connectivity index (χ2v) is 5.14. The molecule has 1 aliphatic rings. The van der Waals surface area contributed by atoms with Gasteiger partial charge in [-0.3, -0.25) is 0 Å². The Bertz CT molecular complexity index is 361. The summed E-state index contributed by atoms with van der Waals surface area (Å²) < 4.78 is 12.8. The van der Waals surface area contributed by atoms with Crippen molar-refractivity contribution in [2.75, 3.05) is 45.9 Å². The van der Waals surface area contributed by atoms with Gasteiger partial charge < -0.3 is 14.9 Å². The Morgan fingerprint density at radius 2 is 1.53 bits per heavy atom. The number of rotatable bonds is 6. The first-order valence-corrected chi connectivity index (χ1v) is 7.08. The molecule has 1 heterocycles. The molecule has 0 atom stereocenters. The highest BCUT2D eigenvalue weighted by Gasteiger charge is 2.15. The van der Waals surface area contributed by atoms with Gasteiger partial charge in [-0.05, 0) is 30.5 Å². The summed E-state index contributed by atoms with van der Waals surface area (Å²) in [5.74, 6) is -0.166. The molecule has 1 aliphatic heterocycles. The smallest absolute Gasteiger partial charge is 0.123 e. The molecule has 0 radical (unpaired) electrons. The van der Waals surface area contributed by atoms with Crippen LogP contribution in [0.2, 0.25) is 0 Å². The zero-order chi connectivity index (χ0) is 13.5. The summed E-state index contributed by atoms with van der Waals surface area (Å²) >= 11 is 0. The lowest BCUT2D eigenvalue weighted by Crippen LogP contribution is -2.47. The van der Waals surface area contributed by atoms with E-state index in [0.29, 0.717) is 0 Å². The number of hydrogen-bond donors (Lipinski definition) is 1. The highest BCUT2D eigenvalue weighted by atomic mass is 19.1. The Labute approximate surface area is 114 Å². The van der Waals surface area contributed by atoms with Crippen LogP contribution in [0.25, 0.3) is 0 Å². The molecule has 19 heavy (non-hydrogen) atoms. The zero-order valence-corrected chi connectivity index (χ0v) is 11.4. The van der Waals surface area contributed by atoms with E-state index < -0.39 is 0 Å². The Kier molecular flexibility index (Phi) is 5.76. The lowest BCUT2D eigenvalue weighted by atomic mass is 10.1. The summed E-state index contributed by atoms with van der Waals surface area (Å²) in [7, 11) is 0. The van der Waals surface area contributed by atoms with Crippen LogP contribution in [0.5, 0.6) is 0 Å². The van der Waals surface area contributed by atoms with Gasteiger partial charge in [-0.2, -0.15) is 0 Å². The van der Waals surface area contributed by atoms with Crippen molar-refractivity contribution in [3.05, 3.63) is 35.6 Å².